The lowest BCUT2D eigenvalue weighted by molar-refractivity contribution is 0.670. The average molecular weight is 538 g/mol. The van der Waals surface area contributed by atoms with Crippen LogP contribution in [0.5, 0.6) is 0 Å². The normalized spacial score (nSPS) is 11.3. The van der Waals surface area contributed by atoms with Crippen LogP contribution >= 0.6 is 0 Å². The Kier molecular flexibility index (Phi) is 5.82. The Labute approximate surface area is 244 Å². The van der Waals surface area contributed by atoms with E-state index in [1.807, 2.05) is 0 Å². The monoisotopic (exact) mass is 537 g/mol. The number of nitrogens with zero attached hydrogens (tertiary/aromatic N) is 1. The zero-order valence-corrected chi connectivity index (χ0v) is 22.9. The van der Waals surface area contributed by atoms with Crippen molar-refractivity contribution >= 4 is 49.8 Å². The number of fused-ring (bicyclic) bond motifs is 4. The third-order valence-electron chi connectivity index (χ3n) is 8.04. The van der Waals surface area contributed by atoms with Gasteiger partial charge in [-0.15, -0.1) is 0 Å². The Hall–Kier alpha value is -5.60. The number of furan rings is 1. The molecule has 0 aliphatic heterocycles. The van der Waals surface area contributed by atoms with Gasteiger partial charge < -0.3 is 9.32 Å². The SMILES string of the molecule is c1ccc(-c2c3ccccc3cc3c2oc2cccc(-c4ccc(N(c5ccccc5)c5ccccc5)cc4)c23)cc1. The van der Waals surface area contributed by atoms with Crippen molar-refractivity contribution in [2.75, 3.05) is 4.90 Å². The Morgan fingerprint density at radius 1 is 0.429 bits per heavy atom. The van der Waals surface area contributed by atoms with Crippen molar-refractivity contribution in [3.05, 3.63) is 164 Å². The van der Waals surface area contributed by atoms with E-state index in [0.29, 0.717) is 0 Å². The molecule has 8 aromatic rings. The summed E-state index contributed by atoms with van der Waals surface area (Å²) in [6, 6.07) is 57.7. The van der Waals surface area contributed by atoms with Gasteiger partial charge in [-0.1, -0.05) is 115 Å². The van der Waals surface area contributed by atoms with Crippen molar-refractivity contribution in [3.63, 3.8) is 0 Å². The van der Waals surface area contributed by atoms with Crippen molar-refractivity contribution in [1.82, 2.24) is 0 Å². The molecule has 0 aliphatic rings. The number of anilines is 3. The minimum Gasteiger partial charge on any atom is -0.455 e. The summed E-state index contributed by atoms with van der Waals surface area (Å²) < 4.78 is 6.68. The van der Waals surface area contributed by atoms with Gasteiger partial charge in [-0.3, -0.25) is 0 Å². The highest BCUT2D eigenvalue weighted by Crippen LogP contribution is 2.44. The molecule has 0 fully saturated rings. The Morgan fingerprint density at radius 2 is 1.02 bits per heavy atom. The molecule has 198 valence electrons. The van der Waals surface area contributed by atoms with Crippen LogP contribution in [0, 0.1) is 0 Å². The number of hydrogen-bond acceptors (Lipinski definition) is 2. The summed E-state index contributed by atoms with van der Waals surface area (Å²) in [5, 5.41) is 4.68. The fraction of sp³-hybridized carbons (Fsp3) is 0. The third kappa shape index (κ3) is 4.05. The second-order valence-electron chi connectivity index (χ2n) is 10.5. The second-order valence-corrected chi connectivity index (χ2v) is 10.5. The fourth-order valence-electron chi connectivity index (χ4n) is 6.15. The maximum Gasteiger partial charge on any atom is 0.143 e. The molecule has 1 aromatic heterocycles. The number of rotatable bonds is 5. The lowest BCUT2D eigenvalue weighted by Crippen LogP contribution is -2.09. The summed E-state index contributed by atoms with van der Waals surface area (Å²) in [5.41, 5.74) is 9.80. The Bertz CT molecular complexity index is 2120. The van der Waals surface area contributed by atoms with E-state index >= 15 is 0 Å². The minimum atomic E-state index is 0.897. The number of benzene rings is 7. The van der Waals surface area contributed by atoms with E-state index < -0.39 is 0 Å². The Morgan fingerprint density at radius 3 is 1.71 bits per heavy atom. The molecule has 0 N–H and O–H groups in total. The molecule has 0 saturated carbocycles. The molecule has 0 spiro atoms. The van der Waals surface area contributed by atoms with Gasteiger partial charge in [0.05, 0.1) is 0 Å². The van der Waals surface area contributed by atoms with Crippen molar-refractivity contribution < 1.29 is 4.42 Å². The summed E-state index contributed by atoms with van der Waals surface area (Å²) in [6.45, 7) is 0. The van der Waals surface area contributed by atoms with Gasteiger partial charge in [-0.2, -0.15) is 0 Å². The first-order chi connectivity index (χ1) is 20.8. The quantitative estimate of drug-likeness (QED) is 0.217. The van der Waals surface area contributed by atoms with Gasteiger partial charge in [-0.05, 0) is 76.0 Å². The van der Waals surface area contributed by atoms with Crippen molar-refractivity contribution in [2.24, 2.45) is 0 Å². The molecule has 0 aliphatic carbocycles. The molecule has 7 aromatic carbocycles. The van der Waals surface area contributed by atoms with Crippen LogP contribution in [0.1, 0.15) is 0 Å². The molecular weight excluding hydrogens is 510 g/mol. The fourth-order valence-corrected chi connectivity index (χ4v) is 6.15. The van der Waals surface area contributed by atoms with Gasteiger partial charge >= 0.3 is 0 Å². The summed E-state index contributed by atoms with van der Waals surface area (Å²) in [4.78, 5) is 2.29. The predicted octanol–water partition coefficient (Wildman–Crippen LogP) is 11.5. The van der Waals surface area contributed by atoms with E-state index in [-0.39, 0.29) is 0 Å². The molecule has 8 rings (SSSR count). The maximum atomic E-state index is 6.68. The Balaban J connectivity index is 1.31. The van der Waals surface area contributed by atoms with Crippen LogP contribution in [-0.4, -0.2) is 0 Å². The molecule has 0 saturated heterocycles. The van der Waals surface area contributed by atoms with Gasteiger partial charge in [-0.25, -0.2) is 0 Å². The molecular formula is C40H27NO. The minimum absolute atomic E-state index is 0.897. The first kappa shape index (κ1) is 24.2. The van der Waals surface area contributed by atoms with Crippen LogP contribution in [0.25, 0.3) is 55.0 Å². The third-order valence-corrected chi connectivity index (χ3v) is 8.04. The van der Waals surface area contributed by atoms with Crippen LogP contribution in [0.3, 0.4) is 0 Å². The number of hydrogen-bond donors (Lipinski definition) is 0. The molecule has 0 bridgehead atoms. The summed E-state index contributed by atoms with van der Waals surface area (Å²) in [6.07, 6.45) is 0. The topological polar surface area (TPSA) is 16.4 Å². The van der Waals surface area contributed by atoms with Crippen LogP contribution in [0.15, 0.2) is 168 Å². The number of para-hydroxylation sites is 2. The standard InChI is InChI=1S/C40H27NO/c1-4-13-29(14-5-1)38-35-20-11-10-15-30(35)27-36-39-34(21-12-22-37(39)42-40(36)38)28-23-25-33(26-24-28)41(31-16-6-2-7-17-31)32-18-8-3-9-19-32/h1-27H. The van der Waals surface area contributed by atoms with E-state index in [1.54, 1.807) is 0 Å². The predicted molar refractivity (Wildman–Crippen MR) is 177 cm³/mol. The average Bonchev–Trinajstić information content (AvgIpc) is 3.44. The molecule has 0 atom stereocenters. The highest BCUT2D eigenvalue weighted by atomic mass is 16.3. The first-order valence-electron chi connectivity index (χ1n) is 14.3. The van der Waals surface area contributed by atoms with E-state index in [9.17, 15) is 0 Å². The van der Waals surface area contributed by atoms with E-state index in [2.05, 4.69) is 169 Å². The van der Waals surface area contributed by atoms with Crippen molar-refractivity contribution in [1.29, 1.82) is 0 Å². The zero-order chi connectivity index (χ0) is 27.9. The zero-order valence-electron chi connectivity index (χ0n) is 22.9. The second kappa shape index (κ2) is 10.1. The van der Waals surface area contributed by atoms with Crippen molar-refractivity contribution in [2.45, 2.75) is 0 Å². The van der Waals surface area contributed by atoms with Gasteiger partial charge in [0.15, 0.2) is 0 Å². The summed E-state index contributed by atoms with van der Waals surface area (Å²) in [5.74, 6) is 0. The van der Waals surface area contributed by atoms with Crippen LogP contribution < -0.4 is 4.90 Å². The first-order valence-corrected chi connectivity index (χ1v) is 14.3. The largest absolute Gasteiger partial charge is 0.455 e. The highest BCUT2D eigenvalue weighted by molar-refractivity contribution is 6.21. The molecule has 2 heteroatoms. The molecule has 2 nitrogen and oxygen atoms in total. The molecule has 0 unspecified atom stereocenters. The molecule has 0 radical (unpaired) electrons. The molecule has 0 amide bonds. The van der Waals surface area contributed by atoms with Gasteiger partial charge in [0, 0.05) is 33.4 Å². The molecule has 1 heterocycles. The lowest BCUT2D eigenvalue weighted by Gasteiger charge is -2.25. The lowest BCUT2D eigenvalue weighted by atomic mass is 9.93. The maximum absolute atomic E-state index is 6.68. The van der Waals surface area contributed by atoms with Crippen molar-refractivity contribution in [3.8, 4) is 22.3 Å². The van der Waals surface area contributed by atoms with E-state index in [4.69, 9.17) is 4.42 Å². The smallest absolute Gasteiger partial charge is 0.143 e. The van der Waals surface area contributed by atoms with Gasteiger partial charge in [0.1, 0.15) is 11.2 Å². The highest BCUT2D eigenvalue weighted by Gasteiger charge is 2.19. The van der Waals surface area contributed by atoms with Crippen LogP contribution in [0.4, 0.5) is 17.1 Å². The van der Waals surface area contributed by atoms with E-state index in [1.165, 1.54) is 10.8 Å². The van der Waals surface area contributed by atoms with E-state index in [0.717, 1.165) is 61.3 Å². The van der Waals surface area contributed by atoms with Gasteiger partial charge in [0.2, 0.25) is 0 Å². The van der Waals surface area contributed by atoms with Crippen LogP contribution in [-0.2, 0) is 0 Å². The molecule has 42 heavy (non-hydrogen) atoms. The summed E-state index contributed by atoms with van der Waals surface area (Å²) in [7, 11) is 0. The van der Waals surface area contributed by atoms with Gasteiger partial charge in [0.25, 0.3) is 0 Å². The van der Waals surface area contributed by atoms with Crippen LogP contribution in [0.2, 0.25) is 0 Å². The summed E-state index contributed by atoms with van der Waals surface area (Å²) >= 11 is 0.